The standard InChI is InChI=1S/C30H41FN4O5/c1-15(2)11-21(33-26(38)20-12-16-18(31)9-8-10-19(16)32-20)28(40)35-13-17-23(30(17,6)7)24(35)27(39)34-25(22(37)14-36)29(3,4)5/h8-10,12,15,17,21,23-25,32,36H,11,13-14H2,1-7H3,(H,33,38)(H,34,39)/t17-,21-,23-,24-,25+/m0/s1. The van der Waals surface area contributed by atoms with E-state index in [0.29, 0.717) is 18.5 Å². The highest BCUT2D eigenvalue weighted by molar-refractivity contribution is 6.01. The number of amides is 3. The lowest BCUT2D eigenvalue weighted by Crippen LogP contribution is -2.59. The van der Waals surface area contributed by atoms with Crippen molar-refractivity contribution in [2.75, 3.05) is 13.2 Å². The second kappa shape index (κ2) is 10.6. The maximum absolute atomic E-state index is 14.2. The average Bonchev–Trinajstić information content (AvgIpc) is 3.24. The molecule has 1 saturated heterocycles. The first-order valence-electron chi connectivity index (χ1n) is 13.9. The van der Waals surface area contributed by atoms with E-state index < -0.39 is 53.6 Å². The largest absolute Gasteiger partial charge is 0.389 e. The van der Waals surface area contributed by atoms with E-state index in [-0.39, 0.29) is 40.2 Å². The fraction of sp³-hybridized carbons (Fsp3) is 0.600. The number of H-pyrrole nitrogens is 1. The number of nitrogens with one attached hydrogen (secondary N) is 3. The number of hydrogen-bond donors (Lipinski definition) is 4. The number of aliphatic hydroxyl groups is 1. The summed E-state index contributed by atoms with van der Waals surface area (Å²) in [5.41, 5.74) is -0.185. The van der Waals surface area contributed by atoms with Crippen molar-refractivity contribution in [1.29, 1.82) is 0 Å². The lowest BCUT2D eigenvalue weighted by atomic mass is 9.84. The molecule has 1 aliphatic carbocycles. The topological polar surface area (TPSA) is 132 Å². The molecule has 218 valence electrons. The molecule has 3 amide bonds. The van der Waals surface area contributed by atoms with Gasteiger partial charge in [0.2, 0.25) is 11.8 Å². The Kier molecular flexibility index (Phi) is 7.88. The van der Waals surface area contributed by atoms with Crippen LogP contribution in [0.3, 0.4) is 0 Å². The molecular formula is C30H41FN4O5. The van der Waals surface area contributed by atoms with Gasteiger partial charge in [-0.15, -0.1) is 0 Å². The van der Waals surface area contributed by atoms with E-state index in [2.05, 4.69) is 29.5 Å². The zero-order valence-corrected chi connectivity index (χ0v) is 24.3. The number of aromatic amines is 1. The molecule has 0 spiro atoms. The highest BCUT2D eigenvalue weighted by atomic mass is 19.1. The molecule has 10 heteroatoms. The van der Waals surface area contributed by atoms with Crippen LogP contribution in [0.15, 0.2) is 24.3 Å². The second-order valence-electron chi connectivity index (χ2n) is 13.4. The van der Waals surface area contributed by atoms with E-state index in [9.17, 15) is 28.7 Å². The minimum absolute atomic E-state index is 0.0581. The first-order valence-corrected chi connectivity index (χ1v) is 13.9. The van der Waals surface area contributed by atoms with E-state index in [1.807, 2.05) is 13.8 Å². The van der Waals surface area contributed by atoms with Gasteiger partial charge in [-0.25, -0.2) is 4.39 Å². The van der Waals surface area contributed by atoms with E-state index in [4.69, 9.17) is 0 Å². The Balaban J connectivity index is 1.59. The Morgan fingerprint density at radius 3 is 2.42 bits per heavy atom. The van der Waals surface area contributed by atoms with Gasteiger partial charge in [-0.1, -0.05) is 54.5 Å². The van der Waals surface area contributed by atoms with Gasteiger partial charge in [0, 0.05) is 17.4 Å². The fourth-order valence-electron chi connectivity index (χ4n) is 6.28. The van der Waals surface area contributed by atoms with Gasteiger partial charge < -0.3 is 25.6 Å². The number of halogens is 1. The van der Waals surface area contributed by atoms with Crippen LogP contribution in [-0.2, 0) is 14.4 Å². The molecule has 9 nitrogen and oxygen atoms in total. The van der Waals surface area contributed by atoms with Gasteiger partial charge in [0.25, 0.3) is 5.91 Å². The summed E-state index contributed by atoms with van der Waals surface area (Å²) in [5.74, 6) is -2.22. The summed E-state index contributed by atoms with van der Waals surface area (Å²) >= 11 is 0. The Bertz CT molecular complexity index is 1330. The van der Waals surface area contributed by atoms with Crippen LogP contribution in [0.5, 0.6) is 0 Å². The molecule has 0 bridgehead atoms. The van der Waals surface area contributed by atoms with Gasteiger partial charge in [0.05, 0.1) is 6.04 Å². The molecule has 0 unspecified atom stereocenters. The normalized spacial score (nSPS) is 23.1. The number of ketones is 1. The van der Waals surface area contributed by atoms with Gasteiger partial charge in [-0.05, 0) is 53.2 Å². The molecule has 2 fully saturated rings. The summed E-state index contributed by atoms with van der Waals surface area (Å²) in [6, 6.07) is 3.31. The quantitative estimate of drug-likeness (QED) is 0.377. The van der Waals surface area contributed by atoms with Crippen molar-refractivity contribution in [2.45, 2.75) is 73.0 Å². The summed E-state index contributed by atoms with van der Waals surface area (Å²) in [7, 11) is 0. The molecule has 1 aliphatic heterocycles. The molecule has 1 aromatic carbocycles. The van der Waals surface area contributed by atoms with Crippen LogP contribution in [0.25, 0.3) is 10.9 Å². The SMILES string of the molecule is CC(C)C[C@H](NC(=O)c1cc2c(F)cccc2[nH]1)C(=O)N1C[C@H]2[C@@H]([C@H]1C(=O)N[C@H](C(=O)CO)C(C)(C)C)C2(C)C. The smallest absolute Gasteiger partial charge is 0.268 e. The van der Waals surface area contributed by atoms with Gasteiger partial charge in [-0.2, -0.15) is 0 Å². The molecule has 4 rings (SSSR count). The van der Waals surface area contributed by atoms with Crippen LogP contribution >= 0.6 is 0 Å². The van der Waals surface area contributed by atoms with Gasteiger partial charge >= 0.3 is 0 Å². The maximum Gasteiger partial charge on any atom is 0.268 e. The molecule has 40 heavy (non-hydrogen) atoms. The third kappa shape index (κ3) is 5.50. The molecule has 1 aromatic heterocycles. The highest BCUT2D eigenvalue weighted by Gasteiger charge is 2.69. The maximum atomic E-state index is 14.2. The number of rotatable bonds is 9. The molecule has 2 aromatic rings. The van der Waals surface area contributed by atoms with Crippen molar-refractivity contribution in [3.05, 3.63) is 35.8 Å². The average molecular weight is 557 g/mol. The van der Waals surface area contributed by atoms with Crippen LogP contribution in [0, 0.1) is 34.4 Å². The summed E-state index contributed by atoms with van der Waals surface area (Å²) in [6.07, 6.45) is 0.344. The van der Waals surface area contributed by atoms with Crippen molar-refractivity contribution in [3.8, 4) is 0 Å². The van der Waals surface area contributed by atoms with Crippen molar-refractivity contribution in [2.24, 2.45) is 28.6 Å². The van der Waals surface area contributed by atoms with E-state index in [1.54, 1.807) is 32.9 Å². The number of carbonyl (C=O) groups is 4. The number of aliphatic hydroxyl groups excluding tert-OH is 1. The predicted octanol–water partition coefficient (Wildman–Crippen LogP) is 3.03. The molecule has 4 N–H and O–H groups in total. The lowest BCUT2D eigenvalue weighted by molar-refractivity contribution is -0.143. The van der Waals surface area contributed by atoms with Crippen LogP contribution < -0.4 is 10.6 Å². The molecule has 5 atom stereocenters. The molecule has 1 saturated carbocycles. The van der Waals surface area contributed by atoms with Crippen LogP contribution in [0.4, 0.5) is 4.39 Å². The summed E-state index contributed by atoms with van der Waals surface area (Å²) in [5, 5.41) is 15.4. The Hall–Kier alpha value is -3.27. The summed E-state index contributed by atoms with van der Waals surface area (Å²) in [6.45, 7) is 13.1. The first-order chi connectivity index (χ1) is 18.6. The monoisotopic (exact) mass is 556 g/mol. The number of nitrogens with zero attached hydrogens (tertiary/aromatic N) is 1. The van der Waals surface area contributed by atoms with Crippen LogP contribution in [0.1, 0.15) is 65.4 Å². The van der Waals surface area contributed by atoms with E-state index in [0.717, 1.165) is 0 Å². The minimum Gasteiger partial charge on any atom is -0.389 e. The number of carbonyl (C=O) groups excluding carboxylic acids is 4. The number of aromatic nitrogens is 1. The Morgan fingerprint density at radius 2 is 1.85 bits per heavy atom. The number of fused-ring (bicyclic) bond motifs is 2. The summed E-state index contributed by atoms with van der Waals surface area (Å²) < 4.78 is 14.2. The molecule has 0 radical (unpaired) electrons. The number of hydrogen-bond acceptors (Lipinski definition) is 5. The van der Waals surface area contributed by atoms with Gasteiger partial charge in [0.15, 0.2) is 5.78 Å². The lowest BCUT2D eigenvalue weighted by Gasteiger charge is -2.36. The number of Topliss-reactive ketones (excluding diaryl/α,β-unsaturated/α-hetero) is 1. The fourth-order valence-corrected chi connectivity index (χ4v) is 6.28. The van der Waals surface area contributed by atoms with Crippen LogP contribution in [0.2, 0.25) is 0 Å². The van der Waals surface area contributed by atoms with Crippen molar-refractivity contribution >= 4 is 34.4 Å². The summed E-state index contributed by atoms with van der Waals surface area (Å²) in [4.78, 5) is 57.9. The Morgan fingerprint density at radius 1 is 1.18 bits per heavy atom. The van der Waals surface area contributed by atoms with Crippen molar-refractivity contribution < 1.29 is 28.7 Å². The minimum atomic E-state index is -0.920. The number of likely N-dealkylation sites (tertiary alicyclic amines) is 1. The number of piperidine rings is 1. The van der Waals surface area contributed by atoms with Gasteiger partial charge in [0.1, 0.15) is 30.2 Å². The molecule has 2 heterocycles. The zero-order valence-electron chi connectivity index (χ0n) is 24.3. The van der Waals surface area contributed by atoms with E-state index in [1.165, 1.54) is 17.0 Å². The highest BCUT2D eigenvalue weighted by Crippen LogP contribution is 2.65. The molecular weight excluding hydrogens is 515 g/mol. The first kappa shape index (κ1) is 29.7. The van der Waals surface area contributed by atoms with Crippen LogP contribution in [-0.4, -0.2) is 69.8 Å². The van der Waals surface area contributed by atoms with Gasteiger partial charge in [-0.3, -0.25) is 19.2 Å². The zero-order chi connectivity index (χ0) is 29.7. The second-order valence-corrected chi connectivity index (χ2v) is 13.4. The molecule has 2 aliphatic rings. The Labute approximate surface area is 234 Å². The predicted molar refractivity (Wildman–Crippen MR) is 149 cm³/mol. The third-order valence-electron chi connectivity index (χ3n) is 8.56. The van der Waals surface area contributed by atoms with E-state index >= 15 is 0 Å². The third-order valence-corrected chi connectivity index (χ3v) is 8.56. The number of benzene rings is 1. The van der Waals surface area contributed by atoms with Crippen molar-refractivity contribution in [1.82, 2.24) is 20.5 Å². The van der Waals surface area contributed by atoms with Crippen molar-refractivity contribution in [3.63, 3.8) is 0 Å².